The third kappa shape index (κ3) is 2.35. The number of hydrogen-bond acceptors (Lipinski definition) is 4. The highest BCUT2D eigenvalue weighted by molar-refractivity contribution is 5.87. The molecular weight excluding hydrogens is 222 g/mol. The van der Waals surface area contributed by atoms with E-state index in [4.69, 9.17) is 10.8 Å². The Labute approximate surface area is 98.1 Å². The van der Waals surface area contributed by atoms with E-state index >= 15 is 0 Å². The quantitative estimate of drug-likeness (QED) is 0.774. The molecule has 0 saturated carbocycles. The molecule has 2 heterocycles. The molecule has 3 N–H and O–H groups in total. The number of aromatic nitrogens is 1. The number of amides is 1. The molecule has 0 spiro atoms. The molecule has 6 heteroatoms. The minimum absolute atomic E-state index is 0.143. The maximum atomic E-state index is 11.0. The molecule has 0 radical (unpaired) electrons. The largest absolute Gasteiger partial charge is 0.478 e. The topological polar surface area (TPSA) is 96.5 Å². The third-order valence-electron chi connectivity index (χ3n) is 2.91. The van der Waals surface area contributed by atoms with Gasteiger partial charge in [-0.15, -0.1) is 0 Å². The summed E-state index contributed by atoms with van der Waals surface area (Å²) in [4.78, 5) is 27.7. The summed E-state index contributed by atoms with van der Waals surface area (Å²) in [5.74, 6) is -0.759. The molecular formula is C11H13N3O3. The first-order valence-electron chi connectivity index (χ1n) is 5.31. The van der Waals surface area contributed by atoms with Crippen molar-refractivity contribution in [3.8, 4) is 0 Å². The van der Waals surface area contributed by atoms with E-state index in [1.54, 1.807) is 6.07 Å². The van der Waals surface area contributed by atoms with E-state index < -0.39 is 5.97 Å². The fourth-order valence-corrected chi connectivity index (χ4v) is 1.90. The number of carbonyl (C=O) groups is 2. The van der Waals surface area contributed by atoms with Crippen molar-refractivity contribution in [2.75, 3.05) is 18.0 Å². The van der Waals surface area contributed by atoms with Gasteiger partial charge in [-0.1, -0.05) is 0 Å². The van der Waals surface area contributed by atoms with Gasteiger partial charge in [0.25, 0.3) is 0 Å². The van der Waals surface area contributed by atoms with Gasteiger partial charge >= 0.3 is 5.97 Å². The number of rotatable bonds is 3. The van der Waals surface area contributed by atoms with E-state index in [0.717, 1.165) is 6.42 Å². The molecule has 0 bridgehead atoms. The fraction of sp³-hybridized carbons (Fsp3) is 0.364. The van der Waals surface area contributed by atoms with Crippen LogP contribution in [0.5, 0.6) is 0 Å². The van der Waals surface area contributed by atoms with Gasteiger partial charge in [0, 0.05) is 19.3 Å². The molecule has 1 aliphatic heterocycles. The number of nitrogens with two attached hydrogens (primary N) is 1. The Bertz CT molecular complexity index is 444. The van der Waals surface area contributed by atoms with Crippen LogP contribution in [0.3, 0.4) is 0 Å². The molecule has 1 aliphatic rings. The summed E-state index contributed by atoms with van der Waals surface area (Å²) in [6.45, 7) is 1.27. The minimum atomic E-state index is -1.000. The number of carbonyl (C=O) groups excluding carboxylic acids is 1. The molecule has 2 rings (SSSR count). The predicted octanol–water partition coefficient (Wildman–Crippen LogP) is 0.0914. The molecule has 1 fully saturated rings. The lowest BCUT2D eigenvalue weighted by molar-refractivity contribution is -0.121. The van der Waals surface area contributed by atoms with Crippen molar-refractivity contribution in [2.45, 2.75) is 6.42 Å². The second-order valence-corrected chi connectivity index (χ2v) is 4.04. The number of hydrogen-bond donors (Lipinski definition) is 2. The maximum Gasteiger partial charge on any atom is 0.337 e. The van der Waals surface area contributed by atoms with Crippen molar-refractivity contribution in [2.24, 2.45) is 11.7 Å². The number of carboxylic acids is 1. The molecule has 1 saturated heterocycles. The number of pyridine rings is 1. The second kappa shape index (κ2) is 4.40. The first-order chi connectivity index (χ1) is 8.08. The molecule has 0 aromatic carbocycles. The van der Waals surface area contributed by atoms with Crippen molar-refractivity contribution in [1.82, 2.24) is 4.98 Å². The Kier molecular flexibility index (Phi) is 2.95. The van der Waals surface area contributed by atoms with Crippen molar-refractivity contribution in [1.29, 1.82) is 0 Å². The smallest absolute Gasteiger partial charge is 0.337 e. The van der Waals surface area contributed by atoms with Crippen molar-refractivity contribution >= 4 is 17.7 Å². The van der Waals surface area contributed by atoms with Crippen LogP contribution in [0.1, 0.15) is 16.8 Å². The number of anilines is 1. The van der Waals surface area contributed by atoms with Gasteiger partial charge in [0.05, 0.1) is 11.5 Å². The highest BCUT2D eigenvalue weighted by atomic mass is 16.4. The van der Waals surface area contributed by atoms with E-state index in [1.807, 2.05) is 4.90 Å². The van der Waals surface area contributed by atoms with Gasteiger partial charge in [0.15, 0.2) is 0 Å². The maximum absolute atomic E-state index is 11.0. The van der Waals surface area contributed by atoms with Gasteiger partial charge in [-0.05, 0) is 18.6 Å². The highest BCUT2D eigenvalue weighted by Crippen LogP contribution is 2.21. The molecule has 0 aliphatic carbocycles. The lowest BCUT2D eigenvalue weighted by Crippen LogP contribution is -2.27. The van der Waals surface area contributed by atoms with E-state index in [0.29, 0.717) is 18.9 Å². The van der Waals surface area contributed by atoms with Crippen LogP contribution in [0.25, 0.3) is 0 Å². The zero-order valence-corrected chi connectivity index (χ0v) is 9.17. The van der Waals surface area contributed by atoms with Crippen LogP contribution in [-0.2, 0) is 4.79 Å². The van der Waals surface area contributed by atoms with Crippen molar-refractivity contribution < 1.29 is 14.7 Å². The summed E-state index contributed by atoms with van der Waals surface area (Å²) in [6.07, 6.45) is 2.03. The van der Waals surface area contributed by atoms with E-state index in [2.05, 4.69) is 4.98 Å². The SMILES string of the molecule is NC(=O)C1CCN(c2ccc(C(=O)O)cn2)C1. The van der Waals surface area contributed by atoms with Crippen LogP contribution in [0.2, 0.25) is 0 Å². The first kappa shape index (κ1) is 11.4. The standard InChI is InChI=1S/C11H13N3O3/c12-10(15)8-3-4-14(6-8)9-2-1-7(5-13-9)11(16)17/h1-2,5,8H,3-4,6H2,(H2,12,15)(H,16,17). The predicted molar refractivity (Wildman–Crippen MR) is 60.7 cm³/mol. The molecule has 1 unspecified atom stereocenters. The highest BCUT2D eigenvalue weighted by Gasteiger charge is 2.27. The van der Waals surface area contributed by atoms with Gasteiger partial charge in [-0.3, -0.25) is 4.79 Å². The summed E-state index contributed by atoms with van der Waals surface area (Å²) >= 11 is 0. The van der Waals surface area contributed by atoms with Gasteiger partial charge in [0.2, 0.25) is 5.91 Å². The molecule has 6 nitrogen and oxygen atoms in total. The summed E-state index contributed by atoms with van der Waals surface area (Å²) in [5, 5.41) is 8.74. The van der Waals surface area contributed by atoms with E-state index in [1.165, 1.54) is 12.3 Å². The van der Waals surface area contributed by atoms with Gasteiger partial charge in [-0.2, -0.15) is 0 Å². The van der Waals surface area contributed by atoms with Crippen LogP contribution in [0.4, 0.5) is 5.82 Å². The molecule has 90 valence electrons. The summed E-state index contributed by atoms with van der Waals surface area (Å²) in [7, 11) is 0. The normalized spacial score (nSPS) is 19.3. The summed E-state index contributed by atoms with van der Waals surface area (Å²) < 4.78 is 0. The van der Waals surface area contributed by atoms with Gasteiger partial charge in [-0.25, -0.2) is 9.78 Å². The number of aromatic carboxylic acids is 1. The van der Waals surface area contributed by atoms with Crippen molar-refractivity contribution in [3.63, 3.8) is 0 Å². The summed E-state index contributed by atoms with van der Waals surface area (Å²) in [6, 6.07) is 3.15. The molecule has 1 aromatic rings. The minimum Gasteiger partial charge on any atom is -0.478 e. The Morgan fingerprint density at radius 1 is 1.47 bits per heavy atom. The van der Waals surface area contributed by atoms with Crippen LogP contribution in [0.15, 0.2) is 18.3 Å². The van der Waals surface area contributed by atoms with E-state index in [-0.39, 0.29) is 17.4 Å². The zero-order chi connectivity index (χ0) is 12.4. The van der Waals surface area contributed by atoms with Gasteiger partial charge in [0.1, 0.15) is 5.82 Å². The van der Waals surface area contributed by atoms with Crippen molar-refractivity contribution in [3.05, 3.63) is 23.9 Å². The monoisotopic (exact) mass is 235 g/mol. The molecule has 1 amide bonds. The lowest BCUT2D eigenvalue weighted by atomic mass is 10.1. The van der Waals surface area contributed by atoms with Crippen LogP contribution in [0, 0.1) is 5.92 Å². The number of primary amides is 1. The van der Waals surface area contributed by atoms with E-state index in [9.17, 15) is 9.59 Å². The Morgan fingerprint density at radius 3 is 2.71 bits per heavy atom. The molecule has 1 aromatic heterocycles. The van der Waals surface area contributed by atoms with Crippen LogP contribution in [-0.4, -0.2) is 35.1 Å². The van der Waals surface area contributed by atoms with Gasteiger partial charge < -0.3 is 15.7 Å². The zero-order valence-electron chi connectivity index (χ0n) is 9.17. The average molecular weight is 235 g/mol. The van der Waals surface area contributed by atoms with Crippen LogP contribution < -0.4 is 10.6 Å². The third-order valence-corrected chi connectivity index (χ3v) is 2.91. The average Bonchev–Trinajstić information content (AvgIpc) is 2.78. The number of carboxylic acid groups (broad SMARTS) is 1. The summed E-state index contributed by atoms with van der Waals surface area (Å²) in [5.41, 5.74) is 5.39. The molecule has 1 atom stereocenters. The fourth-order valence-electron chi connectivity index (χ4n) is 1.90. The number of nitrogens with zero attached hydrogens (tertiary/aromatic N) is 2. The lowest BCUT2D eigenvalue weighted by Gasteiger charge is -2.16. The molecule has 17 heavy (non-hydrogen) atoms. The second-order valence-electron chi connectivity index (χ2n) is 4.04. The first-order valence-corrected chi connectivity index (χ1v) is 5.31. The Balaban J connectivity index is 2.09. The Hall–Kier alpha value is -2.11. The Morgan fingerprint density at radius 2 is 2.24 bits per heavy atom. The van der Waals surface area contributed by atoms with Crippen LogP contribution >= 0.6 is 0 Å².